The Hall–Kier alpha value is -2.90. The van der Waals surface area contributed by atoms with E-state index in [0.29, 0.717) is 29.5 Å². The van der Waals surface area contributed by atoms with E-state index in [2.05, 4.69) is 29.0 Å². The summed E-state index contributed by atoms with van der Waals surface area (Å²) in [5.41, 5.74) is 2.02. The molecule has 0 atom stereocenters. The second-order valence-corrected chi connectivity index (χ2v) is 7.46. The number of aromatic nitrogens is 1. The number of rotatable bonds is 10. The third kappa shape index (κ3) is 5.58. The van der Waals surface area contributed by atoms with E-state index < -0.39 is 0 Å². The topological polar surface area (TPSA) is 63.7 Å². The van der Waals surface area contributed by atoms with E-state index in [0.717, 1.165) is 30.2 Å². The maximum Gasteiger partial charge on any atom is 0.275 e. The van der Waals surface area contributed by atoms with Crippen LogP contribution in [0.15, 0.2) is 53.9 Å². The van der Waals surface area contributed by atoms with Crippen LogP contribution in [0.2, 0.25) is 0 Å². The molecule has 3 aromatic rings. The summed E-state index contributed by atoms with van der Waals surface area (Å²) in [6.07, 6.45) is 0. The first-order valence-corrected chi connectivity index (χ1v) is 10.9. The highest BCUT2D eigenvalue weighted by Gasteiger charge is 2.14. The number of anilines is 1. The summed E-state index contributed by atoms with van der Waals surface area (Å²) in [7, 11) is 1.60. The van der Waals surface area contributed by atoms with Gasteiger partial charge in [-0.05, 0) is 25.2 Å². The quantitative estimate of drug-likeness (QED) is 0.506. The van der Waals surface area contributed by atoms with E-state index in [-0.39, 0.29) is 5.91 Å². The molecule has 1 amide bonds. The number of methoxy groups -OCH3 is 1. The molecule has 0 fully saturated rings. The van der Waals surface area contributed by atoms with E-state index >= 15 is 0 Å². The number of carbonyl (C=O) groups is 1. The number of hydrogen-bond acceptors (Lipinski definition) is 6. The highest BCUT2D eigenvalue weighted by atomic mass is 32.1. The van der Waals surface area contributed by atoms with Crippen LogP contribution in [0.1, 0.15) is 24.3 Å². The molecule has 6 nitrogen and oxygen atoms in total. The lowest BCUT2D eigenvalue weighted by Gasteiger charge is -2.19. The number of hydrogen-bond donors (Lipinski definition) is 1. The predicted molar refractivity (Wildman–Crippen MR) is 122 cm³/mol. The van der Waals surface area contributed by atoms with Crippen molar-refractivity contribution in [3.63, 3.8) is 0 Å². The molecule has 0 aliphatic carbocycles. The van der Waals surface area contributed by atoms with Gasteiger partial charge in [-0.3, -0.25) is 4.79 Å². The second kappa shape index (κ2) is 10.8. The van der Waals surface area contributed by atoms with Crippen molar-refractivity contribution in [2.45, 2.75) is 13.8 Å². The van der Waals surface area contributed by atoms with Gasteiger partial charge in [0.15, 0.2) is 11.5 Å². The van der Waals surface area contributed by atoms with Gasteiger partial charge >= 0.3 is 0 Å². The molecule has 0 bridgehead atoms. The molecule has 3 rings (SSSR count). The Morgan fingerprint density at radius 1 is 1.10 bits per heavy atom. The number of ether oxygens (including phenoxy) is 2. The van der Waals surface area contributed by atoms with Crippen molar-refractivity contribution in [3.05, 3.63) is 59.6 Å². The summed E-state index contributed by atoms with van der Waals surface area (Å²) in [6.45, 7) is 7.58. The lowest BCUT2D eigenvalue weighted by Crippen LogP contribution is -2.28. The zero-order chi connectivity index (χ0) is 21.3. The molecule has 0 radical (unpaired) electrons. The average molecular weight is 426 g/mol. The van der Waals surface area contributed by atoms with E-state index in [1.54, 1.807) is 30.7 Å². The third-order valence-electron chi connectivity index (χ3n) is 4.74. The van der Waals surface area contributed by atoms with Gasteiger partial charge in [0.05, 0.1) is 7.11 Å². The van der Waals surface area contributed by atoms with Crippen molar-refractivity contribution in [2.75, 3.05) is 38.7 Å². The highest BCUT2D eigenvalue weighted by Crippen LogP contribution is 2.31. The van der Waals surface area contributed by atoms with Crippen LogP contribution >= 0.6 is 11.3 Å². The largest absolute Gasteiger partial charge is 0.493 e. The molecule has 7 heteroatoms. The molecule has 0 spiro atoms. The van der Waals surface area contributed by atoms with Gasteiger partial charge in [0, 0.05) is 29.2 Å². The molecule has 1 N–H and O–H groups in total. The summed E-state index contributed by atoms with van der Waals surface area (Å²) >= 11 is 1.45. The molecular weight excluding hydrogens is 398 g/mol. The fourth-order valence-corrected chi connectivity index (χ4v) is 3.78. The van der Waals surface area contributed by atoms with Gasteiger partial charge in [0.1, 0.15) is 17.3 Å². The van der Waals surface area contributed by atoms with E-state index in [9.17, 15) is 4.79 Å². The van der Waals surface area contributed by atoms with Crippen molar-refractivity contribution >= 4 is 22.9 Å². The van der Waals surface area contributed by atoms with Crippen LogP contribution in [0.25, 0.3) is 10.6 Å². The fourth-order valence-electron chi connectivity index (χ4n) is 2.98. The minimum atomic E-state index is -0.257. The number of amides is 1. The minimum Gasteiger partial charge on any atom is -0.493 e. The summed E-state index contributed by atoms with van der Waals surface area (Å²) in [5.74, 6) is 0.978. The summed E-state index contributed by atoms with van der Waals surface area (Å²) in [5, 5.41) is 5.48. The van der Waals surface area contributed by atoms with Crippen molar-refractivity contribution < 1.29 is 14.3 Å². The first-order chi connectivity index (χ1) is 14.6. The molecule has 0 aliphatic heterocycles. The van der Waals surface area contributed by atoms with Gasteiger partial charge in [-0.15, -0.1) is 11.3 Å². The molecule has 0 unspecified atom stereocenters. The second-order valence-electron chi connectivity index (χ2n) is 6.60. The number of likely N-dealkylation sites (N-methyl/N-ethyl adjacent to an activating group) is 1. The van der Waals surface area contributed by atoms with Crippen molar-refractivity contribution in [1.29, 1.82) is 0 Å². The zero-order valence-corrected chi connectivity index (χ0v) is 18.4. The standard InChI is InChI=1S/C23H27N3O3S/c1-4-26(5-2)13-14-29-21-15-18(11-12-20(21)28-3)24-22(27)19-16-30-23(25-19)17-9-7-6-8-10-17/h6-12,15-16H,4-5,13-14H2,1-3H3,(H,24,27). The molecule has 2 aromatic carbocycles. The smallest absolute Gasteiger partial charge is 0.275 e. The van der Waals surface area contributed by atoms with E-state index in [4.69, 9.17) is 9.47 Å². The molecule has 0 saturated heterocycles. The SMILES string of the molecule is CCN(CC)CCOc1cc(NC(=O)c2csc(-c3ccccc3)n2)ccc1OC. The van der Waals surface area contributed by atoms with Gasteiger partial charge in [0.25, 0.3) is 5.91 Å². The zero-order valence-electron chi connectivity index (χ0n) is 17.6. The predicted octanol–water partition coefficient (Wildman–Crippen LogP) is 4.79. The van der Waals surface area contributed by atoms with Crippen molar-refractivity contribution in [3.8, 4) is 22.1 Å². The third-order valence-corrected chi connectivity index (χ3v) is 5.63. The molecule has 1 aromatic heterocycles. The number of thiazole rings is 1. The van der Waals surface area contributed by atoms with Crippen LogP contribution in [-0.4, -0.2) is 49.1 Å². The number of carbonyl (C=O) groups excluding carboxylic acids is 1. The molecule has 1 heterocycles. The lowest BCUT2D eigenvalue weighted by molar-refractivity contribution is 0.102. The summed E-state index contributed by atoms with van der Waals surface area (Å²) < 4.78 is 11.3. The van der Waals surface area contributed by atoms with Gasteiger partial charge in [-0.25, -0.2) is 4.98 Å². The Morgan fingerprint density at radius 2 is 1.87 bits per heavy atom. The maximum atomic E-state index is 12.7. The van der Waals surface area contributed by atoms with Crippen molar-refractivity contribution in [1.82, 2.24) is 9.88 Å². The molecular formula is C23H27N3O3S. The summed E-state index contributed by atoms with van der Waals surface area (Å²) in [6, 6.07) is 15.2. The molecule has 0 saturated carbocycles. The Bertz CT molecular complexity index is 955. The first kappa shape index (κ1) is 21.8. The fraction of sp³-hybridized carbons (Fsp3) is 0.304. The highest BCUT2D eigenvalue weighted by molar-refractivity contribution is 7.13. The average Bonchev–Trinajstić information content (AvgIpc) is 3.28. The summed E-state index contributed by atoms with van der Waals surface area (Å²) in [4.78, 5) is 19.4. The number of nitrogens with one attached hydrogen (secondary N) is 1. The van der Waals surface area contributed by atoms with Crippen LogP contribution in [-0.2, 0) is 0 Å². The van der Waals surface area contributed by atoms with Gasteiger partial charge in [-0.1, -0.05) is 44.2 Å². The van der Waals surface area contributed by atoms with E-state index in [1.807, 2.05) is 30.3 Å². The Kier molecular flexibility index (Phi) is 7.82. The molecule has 158 valence electrons. The minimum absolute atomic E-state index is 0.257. The monoisotopic (exact) mass is 425 g/mol. The van der Waals surface area contributed by atoms with Gasteiger partial charge < -0.3 is 19.7 Å². The normalized spacial score (nSPS) is 10.8. The van der Waals surface area contributed by atoms with Crippen LogP contribution in [0, 0.1) is 0 Å². The van der Waals surface area contributed by atoms with Gasteiger partial charge in [-0.2, -0.15) is 0 Å². The maximum absolute atomic E-state index is 12.7. The van der Waals surface area contributed by atoms with E-state index in [1.165, 1.54) is 11.3 Å². The number of benzene rings is 2. The van der Waals surface area contributed by atoms with Crippen LogP contribution in [0.4, 0.5) is 5.69 Å². The number of nitrogens with zero attached hydrogens (tertiary/aromatic N) is 2. The first-order valence-electron chi connectivity index (χ1n) is 10.00. The van der Waals surface area contributed by atoms with Crippen LogP contribution < -0.4 is 14.8 Å². The Labute approximate surface area is 181 Å². The molecule has 30 heavy (non-hydrogen) atoms. The van der Waals surface area contributed by atoms with Crippen LogP contribution in [0.3, 0.4) is 0 Å². The lowest BCUT2D eigenvalue weighted by atomic mass is 10.2. The van der Waals surface area contributed by atoms with Gasteiger partial charge in [0.2, 0.25) is 0 Å². The molecule has 0 aliphatic rings. The Balaban J connectivity index is 1.67. The van der Waals surface area contributed by atoms with Crippen LogP contribution in [0.5, 0.6) is 11.5 Å². The van der Waals surface area contributed by atoms with Crippen molar-refractivity contribution in [2.24, 2.45) is 0 Å². The Morgan fingerprint density at radius 3 is 2.57 bits per heavy atom.